The first-order chi connectivity index (χ1) is 9.83. The van der Waals surface area contributed by atoms with Gasteiger partial charge in [-0.25, -0.2) is 4.39 Å². The lowest BCUT2D eigenvalue weighted by atomic mass is 9.62. The molecule has 0 amide bonds. The third-order valence-corrected chi connectivity index (χ3v) is 5.43. The summed E-state index contributed by atoms with van der Waals surface area (Å²) >= 11 is 0. The second kappa shape index (κ2) is 5.06. The highest BCUT2D eigenvalue weighted by Crippen LogP contribution is 2.53. The van der Waals surface area contributed by atoms with E-state index >= 15 is 0 Å². The molecule has 1 aromatic carbocycles. The fourth-order valence-electron chi connectivity index (χ4n) is 4.50. The van der Waals surface area contributed by atoms with Crippen molar-refractivity contribution in [3.63, 3.8) is 0 Å². The standard InChI is InChI=1S/C18H25FO2/c1-12-14-9-10-18(4,21-17(14,2)3)16(12)20-11-13-7-5-6-8-15(13)19/h5-8,12,14,16H,9-11H2,1-4H3. The van der Waals surface area contributed by atoms with E-state index in [0.717, 1.165) is 6.42 Å². The van der Waals surface area contributed by atoms with Gasteiger partial charge in [0.25, 0.3) is 0 Å². The van der Waals surface area contributed by atoms with Crippen LogP contribution in [0.15, 0.2) is 24.3 Å². The number of hydrogen-bond acceptors (Lipinski definition) is 2. The van der Waals surface area contributed by atoms with Gasteiger partial charge in [-0.3, -0.25) is 0 Å². The lowest BCUT2D eigenvalue weighted by molar-refractivity contribution is -0.306. The molecule has 0 spiro atoms. The quantitative estimate of drug-likeness (QED) is 0.826. The lowest BCUT2D eigenvalue weighted by Gasteiger charge is -2.60. The molecule has 2 bridgehead atoms. The normalized spacial score (nSPS) is 37.7. The molecular formula is C18H25FO2. The summed E-state index contributed by atoms with van der Waals surface area (Å²) in [5, 5.41) is 0. The van der Waals surface area contributed by atoms with E-state index in [1.165, 1.54) is 12.5 Å². The average Bonchev–Trinajstić information content (AvgIpc) is 2.38. The molecule has 0 aromatic heterocycles. The Balaban J connectivity index is 1.76. The number of rotatable bonds is 3. The molecule has 2 nitrogen and oxygen atoms in total. The van der Waals surface area contributed by atoms with Crippen LogP contribution in [0.5, 0.6) is 0 Å². The smallest absolute Gasteiger partial charge is 0.128 e. The van der Waals surface area contributed by atoms with Gasteiger partial charge < -0.3 is 9.47 Å². The van der Waals surface area contributed by atoms with Gasteiger partial charge in [0.05, 0.1) is 23.9 Å². The summed E-state index contributed by atoms with van der Waals surface area (Å²) in [6, 6.07) is 6.82. The molecule has 2 aliphatic heterocycles. The minimum atomic E-state index is -0.261. The molecule has 2 saturated heterocycles. The van der Waals surface area contributed by atoms with E-state index in [0.29, 0.717) is 24.0 Å². The molecular weight excluding hydrogens is 267 g/mol. The first kappa shape index (κ1) is 15.0. The maximum Gasteiger partial charge on any atom is 0.128 e. The molecule has 4 unspecified atom stereocenters. The van der Waals surface area contributed by atoms with Crippen molar-refractivity contribution < 1.29 is 13.9 Å². The molecule has 3 heteroatoms. The Labute approximate surface area is 126 Å². The third kappa shape index (κ3) is 2.51. The predicted molar refractivity (Wildman–Crippen MR) is 80.4 cm³/mol. The van der Waals surface area contributed by atoms with Gasteiger partial charge in [0.1, 0.15) is 5.82 Å². The zero-order chi connectivity index (χ0) is 15.3. The van der Waals surface area contributed by atoms with Crippen LogP contribution in [0.4, 0.5) is 4.39 Å². The van der Waals surface area contributed by atoms with Crippen molar-refractivity contribution >= 4 is 0 Å². The van der Waals surface area contributed by atoms with Gasteiger partial charge in [0, 0.05) is 5.56 Å². The number of halogens is 1. The largest absolute Gasteiger partial charge is 0.370 e. The minimum absolute atomic E-state index is 0.0314. The first-order valence-electron chi connectivity index (χ1n) is 7.89. The summed E-state index contributed by atoms with van der Waals surface area (Å²) in [4.78, 5) is 0. The Kier molecular flexibility index (Phi) is 3.61. The van der Waals surface area contributed by atoms with Crippen LogP contribution in [0, 0.1) is 17.7 Å². The monoisotopic (exact) mass is 292 g/mol. The average molecular weight is 292 g/mol. The summed E-state index contributed by atoms with van der Waals surface area (Å²) in [6.45, 7) is 9.07. The van der Waals surface area contributed by atoms with Crippen LogP contribution in [-0.4, -0.2) is 17.3 Å². The van der Waals surface area contributed by atoms with Crippen LogP contribution in [0.2, 0.25) is 0 Å². The third-order valence-electron chi connectivity index (χ3n) is 5.43. The summed E-state index contributed by atoms with van der Waals surface area (Å²) in [5.41, 5.74) is 0.265. The van der Waals surface area contributed by atoms with Crippen LogP contribution in [0.1, 0.15) is 46.1 Å². The zero-order valence-electron chi connectivity index (χ0n) is 13.4. The molecule has 4 atom stereocenters. The van der Waals surface area contributed by atoms with Crippen molar-refractivity contribution in [2.24, 2.45) is 11.8 Å². The Bertz CT molecular complexity index is 528. The molecule has 2 heterocycles. The van der Waals surface area contributed by atoms with Gasteiger partial charge in [-0.1, -0.05) is 25.1 Å². The molecule has 0 N–H and O–H groups in total. The van der Waals surface area contributed by atoms with Crippen LogP contribution >= 0.6 is 0 Å². The number of benzene rings is 1. The van der Waals surface area contributed by atoms with Crippen molar-refractivity contribution in [2.45, 2.75) is 64.4 Å². The molecule has 1 aromatic rings. The van der Waals surface area contributed by atoms with E-state index in [1.807, 2.05) is 6.07 Å². The summed E-state index contributed by atoms with van der Waals surface area (Å²) in [5.74, 6) is 0.738. The highest BCUT2D eigenvalue weighted by atomic mass is 19.1. The van der Waals surface area contributed by atoms with E-state index in [9.17, 15) is 4.39 Å². The van der Waals surface area contributed by atoms with Crippen molar-refractivity contribution in [1.29, 1.82) is 0 Å². The van der Waals surface area contributed by atoms with Crippen LogP contribution in [0.3, 0.4) is 0 Å². The highest BCUT2D eigenvalue weighted by molar-refractivity contribution is 5.16. The van der Waals surface area contributed by atoms with Gasteiger partial charge in [0.2, 0.25) is 0 Å². The molecule has 1 aliphatic carbocycles. The predicted octanol–water partition coefficient (Wildman–Crippen LogP) is 4.32. The summed E-state index contributed by atoms with van der Waals surface area (Å²) < 4.78 is 26.2. The van der Waals surface area contributed by atoms with E-state index in [1.54, 1.807) is 12.1 Å². The highest BCUT2D eigenvalue weighted by Gasteiger charge is 2.58. The summed E-state index contributed by atoms with van der Waals surface area (Å²) in [7, 11) is 0. The zero-order valence-corrected chi connectivity index (χ0v) is 13.4. The fourth-order valence-corrected chi connectivity index (χ4v) is 4.50. The molecule has 3 fully saturated rings. The van der Waals surface area contributed by atoms with Crippen molar-refractivity contribution in [3.8, 4) is 0 Å². The van der Waals surface area contributed by atoms with Crippen LogP contribution < -0.4 is 0 Å². The van der Waals surface area contributed by atoms with E-state index < -0.39 is 0 Å². The number of ether oxygens (including phenoxy) is 2. The maximum atomic E-state index is 13.7. The van der Waals surface area contributed by atoms with Crippen molar-refractivity contribution in [3.05, 3.63) is 35.6 Å². The Morgan fingerprint density at radius 3 is 2.62 bits per heavy atom. The molecule has 4 rings (SSSR count). The van der Waals surface area contributed by atoms with E-state index in [4.69, 9.17) is 9.47 Å². The maximum absolute atomic E-state index is 13.7. The summed E-state index contributed by atoms with van der Waals surface area (Å²) in [6.07, 6.45) is 2.24. The Morgan fingerprint density at radius 1 is 1.29 bits per heavy atom. The van der Waals surface area contributed by atoms with Crippen molar-refractivity contribution in [2.75, 3.05) is 0 Å². The Hall–Kier alpha value is -0.930. The molecule has 0 radical (unpaired) electrons. The molecule has 116 valence electrons. The van der Waals surface area contributed by atoms with Gasteiger partial charge in [-0.15, -0.1) is 0 Å². The second-order valence-corrected chi connectivity index (χ2v) is 7.35. The number of fused-ring (bicyclic) bond motifs is 3. The van der Waals surface area contributed by atoms with Crippen molar-refractivity contribution in [1.82, 2.24) is 0 Å². The first-order valence-corrected chi connectivity index (χ1v) is 7.89. The van der Waals surface area contributed by atoms with Gasteiger partial charge in [0.15, 0.2) is 0 Å². The van der Waals surface area contributed by atoms with E-state index in [-0.39, 0.29) is 23.1 Å². The van der Waals surface area contributed by atoms with E-state index in [2.05, 4.69) is 27.7 Å². The molecule has 3 aliphatic rings. The Morgan fingerprint density at radius 2 is 2.00 bits per heavy atom. The second-order valence-electron chi connectivity index (χ2n) is 7.35. The topological polar surface area (TPSA) is 18.5 Å². The minimum Gasteiger partial charge on any atom is -0.370 e. The van der Waals surface area contributed by atoms with Crippen LogP contribution in [0.25, 0.3) is 0 Å². The molecule has 1 saturated carbocycles. The number of hydrogen-bond donors (Lipinski definition) is 0. The van der Waals surface area contributed by atoms with Crippen LogP contribution in [-0.2, 0) is 16.1 Å². The lowest BCUT2D eigenvalue weighted by Crippen LogP contribution is -2.65. The fraction of sp³-hybridized carbons (Fsp3) is 0.667. The molecule has 21 heavy (non-hydrogen) atoms. The van der Waals surface area contributed by atoms with Gasteiger partial charge in [-0.2, -0.15) is 0 Å². The SMILES string of the molecule is CC1C2CCC(C)(OC2(C)C)C1OCc1ccccc1F. The van der Waals surface area contributed by atoms with Gasteiger partial charge in [-0.05, 0) is 51.5 Å². The van der Waals surface area contributed by atoms with Gasteiger partial charge >= 0.3 is 0 Å².